The molecule has 0 atom stereocenters. The van der Waals surface area contributed by atoms with Gasteiger partial charge < -0.3 is 5.73 Å². The van der Waals surface area contributed by atoms with Gasteiger partial charge in [0.15, 0.2) is 0 Å². The summed E-state index contributed by atoms with van der Waals surface area (Å²) in [5.41, 5.74) is 5.23. The summed E-state index contributed by atoms with van der Waals surface area (Å²) in [6, 6.07) is 3.76. The fraction of sp³-hybridized carbons (Fsp3) is 0.333. The molecule has 0 amide bonds. The van der Waals surface area contributed by atoms with Crippen LogP contribution in [0.1, 0.15) is 6.42 Å². The lowest BCUT2D eigenvalue weighted by molar-refractivity contribution is 0.555. The zero-order valence-electron chi connectivity index (χ0n) is 8.82. The Labute approximate surface area is 114 Å². The number of sulfonamides is 1. The highest BCUT2D eigenvalue weighted by Gasteiger charge is 2.18. The highest BCUT2D eigenvalue weighted by Crippen LogP contribution is 2.19. The summed E-state index contributed by atoms with van der Waals surface area (Å²) < 4.78 is 39.4. The average molecular weight is 348 g/mol. The Morgan fingerprint density at radius 1 is 1.41 bits per heavy atom. The molecule has 0 bridgehead atoms. The van der Waals surface area contributed by atoms with Crippen LogP contribution in [0.4, 0.5) is 4.39 Å². The number of benzene rings is 1. The van der Waals surface area contributed by atoms with E-state index in [9.17, 15) is 12.8 Å². The summed E-state index contributed by atoms with van der Waals surface area (Å²) in [6.45, 7) is 0.578. The van der Waals surface area contributed by atoms with Gasteiger partial charge in [-0.3, -0.25) is 0 Å². The van der Waals surface area contributed by atoms with Gasteiger partial charge in [0, 0.05) is 11.0 Å². The van der Waals surface area contributed by atoms with Gasteiger partial charge in [0.25, 0.3) is 0 Å². The maximum atomic E-state index is 13.3. The van der Waals surface area contributed by atoms with Crippen molar-refractivity contribution in [3.63, 3.8) is 0 Å². The SMILES string of the molecule is Cl.NCCCNS(=O)(=O)c1cc(Br)ccc1F. The minimum absolute atomic E-state index is 0. The van der Waals surface area contributed by atoms with Crippen LogP contribution in [0.5, 0.6) is 0 Å². The standard InChI is InChI=1S/C9H12BrFN2O2S.ClH/c10-7-2-3-8(11)9(6-7)16(14,15)13-5-1-4-12;/h2-3,6,13H,1,4-5,12H2;1H. The molecule has 0 aliphatic heterocycles. The predicted molar refractivity (Wildman–Crippen MR) is 70.2 cm³/mol. The Balaban J connectivity index is 0.00000256. The lowest BCUT2D eigenvalue weighted by Gasteiger charge is -2.07. The molecule has 0 heterocycles. The van der Waals surface area contributed by atoms with Crippen molar-refractivity contribution in [1.29, 1.82) is 0 Å². The largest absolute Gasteiger partial charge is 0.330 e. The van der Waals surface area contributed by atoms with Gasteiger partial charge in [-0.25, -0.2) is 17.5 Å². The molecule has 1 aromatic rings. The average Bonchev–Trinajstić information content (AvgIpc) is 2.22. The van der Waals surface area contributed by atoms with Crippen LogP contribution in [-0.2, 0) is 10.0 Å². The summed E-state index contributed by atoms with van der Waals surface area (Å²) in [7, 11) is -3.80. The molecule has 0 saturated carbocycles. The van der Waals surface area contributed by atoms with Gasteiger partial charge in [0.1, 0.15) is 10.7 Å². The van der Waals surface area contributed by atoms with Gasteiger partial charge in [0.05, 0.1) is 0 Å². The summed E-state index contributed by atoms with van der Waals surface area (Å²) >= 11 is 3.09. The maximum Gasteiger partial charge on any atom is 0.243 e. The number of hydrogen-bond donors (Lipinski definition) is 2. The molecule has 4 nitrogen and oxygen atoms in total. The Morgan fingerprint density at radius 3 is 2.65 bits per heavy atom. The second-order valence-electron chi connectivity index (χ2n) is 3.11. The van der Waals surface area contributed by atoms with Crippen molar-refractivity contribution in [1.82, 2.24) is 4.72 Å². The molecule has 0 unspecified atom stereocenters. The molecule has 0 saturated heterocycles. The Hall–Kier alpha value is -0.210. The molecular formula is C9H13BrClFN2O2S. The minimum Gasteiger partial charge on any atom is -0.330 e. The molecule has 3 N–H and O–H groups in total. The van der Waals surface area contributed by atoms with Crippen LogP contribution in [0.25, 0.3) is 0 Å². The highest BCUT2D eigenvalue weighted by atomic mass is 79.9. The second kappa shape index (κ2) is 7.27. The number of rotatable bonds is 5. The molecule has 1 aromatic carbocycles. The van der Waals surface area contributed by atoms with Crippen LogP contribution < -0.4 is 10.5 Å². The zero-order valence-corrected chi connectivity index (χ0v) is 12.0. The van der Waals surface area contributed by atoms with E-state index < -0.39 is 15.8 Å². The van der Waals surface area contributed by atoms with E-state index in [2.05, 4.69) is 20.7 Å². The summed E-state index contributed by atoms with van der Waals surface area (Å²) in [4.78, 5) is -0.362. The van der Waals surface area contributed by atoms with Crippen molar-refractivity contribution >= 4 is 38.4 Å². The second-order valence-corrected chi connectivity index (χ2v) is 5.77. The summed E-state index contributed by atoms with van der Waals surface area (Å²) in [5.74, 6) is -0.775. The van der Waals surface area contributed by atoms with Crippen molar-refractivity contribution in [3.05, 3.63) is 28.5 Å². The molecule has 17 heavy (non-hydrogen) atoms. The van der Waals surface area contributed by atoms with E-state index in [1.54, 1.807) is 0 Å². The molecule has 0 aromatic heterocycles. The third-order valence-corrected chi connectivity index (χ3v) is 3.83. The van der Waals surface area contributed by atoms with Crippen LogP contribution >= 0.6 is 28.3 Å². The third kappa shape index (κ3) is 4.89. The van der Waals surface area contributed by atoms with E-state index in [-0.39, 0.29) is 23.8 Å². The zero-order chi connectivity index (χ0) is 12.2. The van der Waals surface area contributed by atoms with Crippen molar-refractivity contribution in [2.45, 2.75) is 11.3 Å². The van der Waals surface area contributed by atoms with Crippen LogP contribution in [0, 0.1) is 5.82 Å². The Bertz CT molecular complexity index is 470. The first-order chi connectivity index (χ1) is 7.47. The van der Waals surface area contributed by atoms with E-state index in [0.717, 1.165) is 6.07 Å². The molecule has 8 heteroatoms. The molecule has 0 aliphatic carbocycles. The lowest BCUT2D eigenvalue weighted by Crippen LogP contribution is -2.27. The van der Waals surface area contributed by atoms with E-state index in [0.29, 0.717) is 17.4 Å². The monoisotopic (exact) mass is 346 g/mol. The number of hydrogen-bond acceptors (Lipinski definition) is 3. The Kier molecular flexibility index (Phi) is 7.18. The van der Waals surface area contributed by atoms with Crippen molar-refractivity contribution in [3.8, 4) is 0 Å². The van der Waals surface area contributed by atoms with E-state index >= 15 is 0 Å². The quantitative estimate of drug-likeness (QED) is 0.795. The number of halogens is 3. The van der Waals surface area contributed by atoms with E-state index in [1.165, 1.54) is 12.1 Å². The molecule has 0 aliphatic rings. The van der Waals surface area contributed by atoms with E-state index in [4.69, 9.17) is 5.73 Å². The van der Waals surface area contributed by atoms with Gasteiger partial charge >= 0.3 is 0 Å². The van der Waals surface area contributed by atoms with Crippen LogP contribution in [0.3, 0.4) is 0 Å². The number of nitrogens with two attached hydrogens (primary N) is 1. The molecule has 0 radical (unpaired) electrons. The summed E-state index contributed by atoms with van der Waals surface area (Å²) in [5, 5.41) is 0. The number of nitrogens with one attached hydrogen (secondary N) is 1. The normalized spacial score (nSPS) is 11.0. The van der Waals surface area contributed by atoms with Gasteiger partial charge in [-0.15, -0.1) is 12.4 Å². The molecular weight excluding hydrogens is 335 g/mol. The molecule has 0 spiro atoms. The van der Waals surface area contributed by atoms with Crippen molar-refractivity contribution in [2.24, 2.45) is 5.73 Å². The van der Waals surface area contributed by atoms with Crippen LogP contribution in [0.2, 0.25) is 0 Å². The first-order valence-electron chi connectivity index (χ1n) is 4.62. The predicted octanol–water partition coefficient (Wildman–Crippen LogP) is 1.64. The molecule has 98 valence electrons. The Morgan fingerprint density at radius 2 is 2.06 bits per heavy atom. The van der Waals surface area contributed by atoms with Crippen LogP contribution in [-0.4, -0.2) is 21.5 Å². The minimum atomic E-state index is -3.80. The smallest absolute Gasteiger partial charge is 0.243 e. The topological polar surface area (TPSA) is 72.2 Å². The van der Waals surface area contributed by atoms with Crippen molar-refractivity contribution in [2.75, 3.05) is 13.1 Å². The first-order valence-corrected chi connectivity index (χ1v) is 6.90. The highest BCUT2D eigenvalue weighted by molar-refractivity contribution is 9.10. The van der Waals surface area contributed by atoms with Gasteiger partial charge in [-0.2, -0.15) is 0 Å². The fourth-order valence-corrected chi connectivity index (χ4v) is 2.76. The lowest BCUT2D eigenvalue weighted by atomic mass is 10.3. The van der Waals surface area contributed by atoms with Gasteiger partial charge in [-0.05, 0) is 31.2 Å². The third-order valence-electron chi connectivity index (χ3n) is 1.86. The van der Waals surface area contributed by atoms with E-state index in [1.807, 2.05) is 0 Å². The summed E-state index contributed by atoms with van der Waals surface area (Å²) in [6.07, 6.45) is 0.509. The van der Waals surface area contributed by atoms with Gasteiger partial charge in [-0.1, -0.05) is 15.9 Å². The first kappa shape index (κ1) is 16.8. The maximum absolute atomic E-state index is 13.3. The fourth-order valence-electron chi connectivity index (χ4n) is 1.07. The molecule has 1 rings (SSSR count). The van der Waals surface area contributed by atoms with Gasteiger partial charge in [0.2, 0.25) is 10.0 Å². The van der Waals surface area contributed by atoms with Crippen molar-refractivity contribution < 1.29 is 12.8 Å². The van der Waals surface area contributed by atoms with Crippen LogP contribution in [0.15, 0.2) is 27.6 Å². The molecule has 0 fully saturated rings.